The van der Waals surface area contributed by atoms with Crippen LogP contribution in [0.25, 0.3) is 0 Å². The van der Waals surface area contributed by atoms with Crippen LogP contribution >= 0.6 is 0 Å². The summed E-state index contributed by atoms with van der Waals surface area (Å²) in [6.45, 7) is 13.2. The fourth-order valence-electron chi connectivity index (χ4n) is 1.80. The fourth-order valence-corrected chi connectivity index (χ4v) is 1.80. The highest BCUT2D eigenvalue weighted by atomic mass is 14.8. The molecule has 0 aromatic carbocycles. The summed E-state index contributed by atoms with van der Waals surface area (Å²) in [5.41, 5.74) is 6.50. The molecule has 11 heavy (non-hydrogen) atoms. The molecule has 0 fully saturated rings. The Morgan fingerprint density at radius 3 is 1.55 bits per heavy atom. The average Bonchev–Trinajstić information content (AvgIpc) is 1.83. The molecule has 0 amide bonds. The van der Waals surface area contributed by atoms with E-state index in [1.807, 2.05) is 0 Å². The van der Waals surface area contributed by atoms with Crippen molar-refractivity contribution in [2.45, 2.75) is 53.5 Å². The average molecular weight is 157 g/mol. The van der Waals surface area contributed by atoms with Crippen LogP contribution in [0.15, 0.2) is 0 Å². The molecule has 2 N–H and O–H groups in total. The second-order valence-corrected chi connectivity index (χ2v) is 4.80. The topological polar surface area (TPSA) is 26.0 Å². The molecule has 0 saturated heterocycles. The van der Waals surface area contributed by atoms with Crippen LogP contribution in [0.2, 0.25) is 0 Å². The zero-order valence-corrected chi connectivity index (χ0v) is 8.86. The van der Waals surface area contributed by atoms with Gasteiger partial charge in [-0.3, -0.25) is 0 Å². The highest BCUT2D eigenvalue weighted by Crippen LogP contribution is 2.36. The van der Waals surface area contributed by atoms with E-state index in [2.05, 4.69) is 41.5 Å². The zero-order valence-electron chi connectivity index (χ0n) is 8.86. The molecule has 0 aromatic heterocycles. The molecule has 1 atom stereocenters. The van der Waals surface area contributed by atoms with Gasteiger partial charge in [0.2, 0.25) is 0 Å². The van der Waals surface area contributed by atoms with E-state index in [1.54, 1.807) is 0 Å². The molecule has 0 aliphatic carbocycles. The first-order valence-electron chi connectivity index (χ1n) is 4.54. The maximum Gasteiger partial charge on any atom is 0.0224 e. The Morgan fingerprint density at radius 1 is 1.18 bits per heavy atom. The minimum Gasteiger partial charge on any atom is -0.324 e. The van der Waals surface area contributed by atoms with Crippen molar-refractivity contribution >= 4 is 0 Å². The molecule has 1 unspecified atom stereocenters. The van der Waals surface area contributed by atoms with Gasteiger partial charge in [-0.2, -0.15) is 0 Å². The van der Waals surface area contributed by atoms with Gasteiger partial charge >= 0.3 is 0 Å². The Bertz CT molecular complexity index is 121. The summed E-state index contributed by atoms with van der Waals surface area (Å²) < 4.78 is 0. The monoisotopic (exact) mass is 157 g/mol. The van der Waals surface area contributed by atoms with Gasteiger partial charge in [-0.25, -0.2) is 0 Å². The first-order valence-corrected chi connectivity index (χ1v) is 4.54. The molecular weight excluding hydrogens is 134 g/mol. The first-order chi connectivity index (χ1) is 4.75. The van der Waals surface area contributed by atoms with Crippen LogP contribution < -0.4 is 5.73 Å². The summed E-state index contributed by atoms with van der Waals surface area (Å²) in [4.78, 5) is 0. The predicted molar refractivity (Wildman–Crippen MR) is 51.5 cm³/mol. The summed E-state index contributed by atoms with van der Waals surface area (Å²) >= 11 is 0. The molecule has 1 heteroatoms. The quantitative estimate of drug-likeness (QED) is 0.655. The second kappa shape index (κ2) is 3.14. The maximum absolute atomic E-state index is 6.32. The molecule has 0 saturated carbocycles. The molecule has 0 radical (unpaired) electrons. The Kier molecular flexibility index (Phi) is 3.13. The standard InChI is InChI=1S/C10H23N/c1-7-10(11,8(2)3)9(4,5)6/h8H,7,11H2,1-6H3. The molecule has 0 heterocycles. The molecule has 0 rings (SSSR count). The van der Waals surface area contributed by atoms with Crippen LogP contribution in [0.1, 0.15) is 48.0 Å². The highest BCUT2D eigenvalue weighted by molar-refractivity contribution is 4.96. The van der Waals surface area contributed by atoms with Crippen molar-refractivity contribution in [1.29, 1.82) is 0 Å². The van der Waals surface area contributed by atoms with E-state index in [9.17, 15) is 0 Å². The van der Waals surface area contributed by atoms with Crippen molar-refractivity contribution in [2.75, 3.05) is 0 Å². The lowest BCUT2D eigenvalue weighted by Gasteiger charge is -2.44. The van der Waals surface area contributed by atoms with Gasteiger partial charge in [0, 0.05) is 5.54 Å². The van der Waals surface area contributed by atoms with Crippen LogP contribution in [0, 0.1) is 11.3 Å². The SMILES string of the molecule is CCC(N)(C(C)C)C(C)(C)C. The van der Waals surface area contributed by atoms with Crippen molar-refractivity contribution in [3.8, 4) is 0 Å². The van der Waals surface area contributed by atoms with E-state index < -0.39 is 0 Å². The van der Waals surface area contributed by atoms with E-state index in [1.165, 1.54) is 0 Å². The maximum atomic E-state index is 6.32. The van der Waals surface area contributed by atoms with E-state index in [4.69, 9.17) is 5.73 Å². The summed E-state index contributed by atoms with van der Waals surface area (Å²) in [6.07, 6.45) is 1.05. The van der Waals surface area contributed by atoms with Crippen LogP contribution in [-0.4, -0.2) is 5.54 Å². The van der Waals surface area contributed by atoms with Crippen molar-refractivity contribution in [1.82, 2.24) is 0 Å². The van der Waals surface area contributed by atoms with E-state index in [0.717, 1.165) is 6.42 Å². The number of hydrogen-bond acceptors (Lipinski definition) is 1. The molecule has 0 aromatic rings. The minimum atomic E-state index is -0.0208. The van der Waals surface area contributed by atoms with Crippen molar-refractivity contribution < 1.29 is 0 Å². The lowest BCUT2D eigenvalue weighted by molar-refractivity contribution is 0.124. The third kappa shape index (κ3) is 1.96. The summed E-state index contributed by atoms with van der Waals surface area (Å²) in [5, 5.41) is 0. The number of nitrogens with two attached hydrogens (primary N) is 1. The largest absolute Gasteiger partial charge is 0.324 e. The third-order valence-electron chi connectivity index (χ3n) is 3.01. The van der Waals surface area contributed by atoms with Crippen LogP contribution in [-0.2, 0) is 0 Å². The van der Waals surface area contributed by atoms with Crippen LogP contribution in [0.4, 0.5) is 0 Å². The van der Waals surface area contributed by atoms with Crippen LogP contribution in [0.5, 0.6) is 0 Å². The van der Waals surface area contributed by atoms with Crippen molar-refractivity contribution in [3.63, 3.8) is 0 Å². The highest BCUT2D eigenvalue weighted by Gasteiger charge is 2.38. The third-order valence-corrected chi connectivity index (χ3v) is 3.01. The summed E-state index contributed by atoms with van der Waals surface area (Å²) in [6, 6.07) is 0. The molecule has 68 valence electrons. The summed E-state index contributed by atoms with van der Waals surface area (Å²) in [5.74, 6) is 0.549. The van der Waals surface area contributed by atoms with Crippen molar-refractivity contribution in [3.05, 3.63) is 0 Å². The normalized spacial score (nSPS) is 18.5. The molecule has 0 bridgehead atoms. The molecular formula is C10H23N. The predicted octanol–water partition coefficient (Wildman–Crippen LogP) is 2.80. The van der Waals surface area contributed by atoms with Gasteiger partial charge in [0.25, 0.3) is 0 Å². The second-order valence-electron chi connectivity index (χ2n) is 4.80. The van der Waals surface area contributed by atoms with Gasteiger partial charge in [-0.05, 0) is 17.8 Å². The molecule has 1 nitrogen and oxygen atoms in total. The Morgan fingerprint density at radius 2 is 1.55 bits per heavy atom. The molecule has 0 aliphatic rings. The van der Waals surface area contributed by atoms with Gasteiger partial charge in [0.15, 0.2) is 0 Å². The number of rotatable bonds is 2. The Labute approximate surface area is 71.4 Å². The van der Waals surface area contributed by atoms with Gasteiger partial charge in [-0.15, -0.1) is 0 Å². The summed E-state index contributed by atoms with van der Waals surface area (Å²) in [7, 11) is 0. The van der Waals surface area contributed by atoms with E-state index >= 15 is 0 Å². The lowest BCUT2D eigenvalue weighted by Crippen LogP contribution is -2.54. The van der Waals surface area contributed by atoms with E-state index in [-0.39, 0.29) is 11.0 Å². The van der Waals surface area contributed by atoms with Crippen LogP contribution in [0.3, 0.4) is 0 Å². The Balaban J connectivity index is 4.61. The van der Waals surface area contributed by atoms with Gasteiger partial charge in [-0.1, -0.05) is 41.5 Å². The molecule has 0 aliphatic heterocycles. The number of hydrogen-bond donors (Lipinski definition) is 1. The first kappa shape index (κ1) is 11.0. The smallest absolute Gasteiger partial charge is 0.0224 e. The van der Waals surface area contributed by atoms with Crippen molar-refractivity contribution in [2.24, 2.45) is 17.1 Å². The van der Waals surface area contributed by atoms with Gasteiger partial charge in [0.1, 0.15) is 0 Å². The van der Waals surface area contributed by atoms with Gasteiger partial charge in [0.05, 0.1) is 0 Å². The van der Waals surface area contributed by atoms with E-state index in [0.29, 0.717) is 5.92 Å². The molecule has 0 spiro atoms. The fraction of sp³-hybridized carbons (Fsp3) is 1.00. The Hall–Kier alpha value is -0.0400. The lowest BCUT2D eigenvalue weighted by atomic mass is 9.66. The minimum absolute atomic E-state index is 0.0208. The zero-order chi connectivity index (χ0) is 9.28. The van der Waals surface area contributed by atoms with Gasteiger partial charge < -0.3 is 5.73 Å².